The Morgan fingerprint density at radius 2 is 1.82 bits per heavy atom. The van der Waals surface area contributed by atoms with Crippen molar-refractivity contribution >= 4 is 0 Å². The molecule has 0 saturated heterocycles. The summed E-state index contributed by atoms with van der Waals surface area (Å²) in [6.07, 6.45) is -3.30. The van der Waals surface area contributed by atoms with Gasteiger partial charge in [-0.2, -0.15) is 13.2 Å². The minimum atomic E-state index is -4.27. The van der Waals surface area contributed by atoms with E-state index in [1.807, 2.05) is 0 Å². The summed E-state index contributed by atoms with van der Waals surface area (Å²) in [6, 6.07) is 5.69. The molecule has 0 atom stereocenters. The number of alkyl halides is 3. The van der Waals surface area contributed by atoms with E-state index in [0.717, 1.165) is 19.0 Å². The van der Waals surface area contributed by atoms with E-state index in [-0.39, 0.29) is 6.54 Å². The molecule has 4 heteroatoms. The Hall–Kier alpha value is -1.03. The van der Waals surface area contributed by atoms with Gasteiger partial charge in [0.15, 0.2) is 0 Å². The van der Waals surface area contributed by atoms with Crippen LogP contribution in [0.5, 0.6) is 0 Å². The van der Waals surface area contributed by atoms with Gasteiger partial charge in [-0.05, 0) is 30.5 Å². The van der Waals surface area contributed by atoms with Gasteiger partial charge >= 0.3 is 6.18 Å². The van der Waals surface area contributed by atoms with E-state index in [0.29, 0.717) is 11.5 Å². The second-order valence-corrected chi connectivity index (χ2v) is 4.51. The number of benzene rings is 1. The molecule has 0 fully saturated rings. The molecule has 0 aromatic heterocycles. The fraction of sp³-hybridized carbons (Fsp3) is 0.538. The molecule has 0 aliphatic heterocycles. The summed E-state index contributed by atoms with van der Waals surface area (Å²) in [5, 5.41) is 3.05. The van der Waals surface area contributed by atoms with Crippen LogP contribution in [-0.2, 0) is 12.7 Å². The normalized spacial score (nSPS) is 12.1. The number of halogens is 3. The molecule has 1 rings (SSSR count). The highest BCUT2D eigenvalue weighted by Crippen LogP contribution is 2.31. The van der Waals surface area contributed by atoms with Gasteiger partial charge in [-0.3, -0.25) is 0 Å². The zero-order valence-corrected chi connectivity index (χ0v) is 10.1. The Kier molecular flexibility index (Phi) is 5.00. The maximum atomic E-state index is 12.7. The predicted octanol–water partition coefficient (Wildman–Crippen LogP) is 3.84. The lowest BCUT2D eigenvalue weighted by Gasteiger charge is -2.13. The van der Waals surface area contributed by atoms with Gasteiger partial charge in [0.2, 0.25) is 0 Å². The third kappa shape index (κ3) is 4.77. The molecule has 0 amide bonds. The summed E-state index contributed by atoms with van der Waals surface area (Å²) in [5.74, 6) is 0.556. The lowest BCUT2D eigenvalue weighted by Crippen LogP contribution is -2.19. The molecule has 0 aliphatic rings. The maximum absolute atomic E-state index is 12.7. The molecule has 1 nitrogen and oxygen atoms in total. The van der Waals surface area contributed by atoms with Gasteiger partial charge in [0, 0.05) is 6.54 Å². The van der Waals surface area contributed by atoms with E-state index in [2.05, 4.69) is 19.2 Å². The van der Waals surface area contributed by atoms with E-state index in [9.17, 15) is 13.2 Å². The van der Waals surface area contributed by atoms with Crippen LogP contribution in [0.1, 0.15) is 31.4 Å². The van der Waals surface area contributed by atoms with Crippen molar-refractivity contribution in [3.8, 4) is 0 Å². The van der Waals surface area contributed by atoms with Crippen LogP contribution in [-0.4, -0.2) is 6.54 Å². The number of nitrogens with one attached hydrogen (secondary N) is 1. The van der Waals surface area contributed by atoms with Crippen LogP contribution in [0.3, 0.4) is 0 Å². The second kappa shape index (κ2) is 6.05. The topological polar surface area (TPSA) is 12.0 Å². The Bertz CT molecular complexity index is 345. The van der Waals surface area contributed by atoms with Gasteiger partial charge in [-0.15, -0.1) is 0 Å². The van der Waals surface area contributed by atoms with Gasteiger partial charge < -0.3 is 5.32 Å². The average Bonchev–Trinajstić information content (AvgIpc) is 2.23. The third-order valence-electron chi connectivity index (χ3n) is 2.54. The highest BCUT2D eigenvalue weighted by molar-refractivity contribution is 5.29. The maximum Gasteiger partial charge on any atom is 0.416 e. The van der Waals surface area contributed by atoms with Gasteiger partial charge in [-0.25, -0.2) is 0 Å². The fourth-order valence-electron chi connectivity index (χ4n) is 1.56. The zero-order chi connectivity index (χ0) is 12.9. The van der Waals surface area contributed by atoms with Crippen molar-refractivity contribution in [2.75, 3.05) is 6.54 Å². The fourth-order valence-corrected chi connectivity index (χ4v) is 1.56. The smallest absolute Gasteiger partial charge is 0.313 e. The van der Waals surface area contributed by atoms with Crippen LogP contribution >= 0.6 is 0 Å². The highest BCUT2D eigenvalue weighted by atomic mass is 19.4. The summed E-state index contributed by atoms with van der Waals surface area (Å²) in [7, 11) is 0. The Labute approximate surface area is 100 Å². The van der Waals surface area contributed by atoms with E-state index in [1.165, 1.54) is 12.1 Å². The molecular weight excluding hydrogens is 227 g/mol. The molecular formula is C13H18F3N. The van der Waals surface area contributed by atoms with Crippen molar-refractivity contribution in [3.63, 3.8) is 0 Å². The Morgan fingerprint density at radius 1 is 1.18 bits per heavy atom. The van der Waals surface area contributed by atoms with Crippen LogP contribution in [0.25, 0.3) is 0 Å². The van der Waals surface area contributed by atoms with Crippen LogP contribution in [0.4, 0.5) is 13.2 Å². The third-order valence-corrected chi connectivity index (χ3v) is 2.54. The molecule has 1 aromatic rings. The molecule has 0 saturated carbocycles. The average molecular weight is 245 g/mol. The number of rotatable bonds is 5. The molecule has 0 aliphatic carbocycles. The molecule has 0 radical (unpaired) electrons. The van der Waals surface area contributed by atoms with Crippen LogP contribution in [0.2, 0.25) is 0 Å². The van der Waals surface area contributed by atoms with Crippen LogP contribution in [0.15, 0.2) is 24.3 Å². The monoisotopic (exact) mass is 245 g/mol. The van der Waals surface area contributed by atoms with Gasteiger partial charge in [0.25, 0.3) is 0 Å². The quantitative estimate of drug-likeness (QED) is 0.777. The molecule has 1 aromatic carbocycles. The van der Waals surface area contributed by atoms with Crippen LogP contribution in [0, 0.1) is 5.92 Å². The SMILES string of the molecule is CC(C)CCNCc1ccccc1C(F)(F)F. The van der Waals surface area contributed by atoms with E-state index in [1.54, 1.807) is 6.07 Å². The van der Waals surface area contributed by atoms with Crippen molar-refractivity contribution in [2.24, 2.45) is 5.92 Å². The first kappa shape index (κ1) is 14.0. The molecule has 0 heterocycles. The Balaban J connectivity index is 2.59. The summed E-state index contributed by atoms with van der Waals surface area (Å²) in [6.45, 7) is 5.18. The summed E-state index contributed by atoms with van der Waals surface area (Å²) >= 11 is 0. The Morgan fingerprint density at radius 3 is 2.41 bits per heavy atom. The summed E-state index contributed by atoms with van der Waals surface area (Å²) in [4.78, 5) is 0. The lowest BCUT2D eigenvalue weighted by molar-refractivity contribution is -0.138. The van der Waals surface area contributed by atoms with E-state index in [4.69, 9.17) is 0 Å². The lowest BCUT2D eigenvalue weighted by atomic mass is 10.1. The van der Waals surface area contributed by atoms with Crippen molar-refractivity contribution in [1.82, 2.24) is 5.32 Å². The molecule has 1 N–H and O–H groups in total. The molecule has 0 spiro atoms. The first-order chi connectivity index (χ1) is 7.91. The largest absolute Gasteiger partial charge is 0.416 e. The van der Waals surface area contributed by atoms with E-state index < -0.39 is 11.7 Å². The molecule has 96 valence electrons. The predicted molar refractivity (Wildman–Crippen MR) is 62.6 cm³/mol. The van der Waals surface area contributed by atoms with Crippen molar-refractivity contribution in [3.05, 3.63) is 35.4 Å². The van der Waals surface area contributed by atoms with Crippen molar-refractivity contribution in [2.45, 2.75) is 33.0 Å². The highest BCUT2D eigenvalue weighted by Gasteiger charge is 2.32. The molecule has 17 heavy (non-hydrogen) atoms. The second-order valence-electron chi connectivity index (χ2n) is 4.51. The number of hydrogen-bond donors (Lipinski definition) is 1. The van der Waals surface area contributed by atoms with Crippen molar-refractivity contribution < 1.29 is 13.2 Å². The molecule has 0 unspecified atom stereocenters. The zero-order valence-electron chi connectivity index (χ0n) is 10.1. The van der Waals surface area contributed by atoms with Gasteiger partial charge in [0.1, 0.15) is 0 Å². The van der Waals surface area contributed by atoms with Crippen LogP contribution < -0.4 is 5.32 Å². The standard InChI is InChI=1S/C13H18F3N/c1-10(2)7-8-17-9-11-5-3-4-6-12(11)13(14,15)16/h3-6,10,17H,7-9H2,1-2H3. The summed E-state index contributed by atoms with van der Waals surface area (Å²) < 4.78 is 38.0. The minimum Gasteiger partial charge on any atom is -0.313 e. The van der Waals surface area contributed by atoms with Gasteiger partial charge in [-0.1, -0.05) is 32.0 Å². The van der Waals surface area contributed by atoms with Gasteiger partial charge in [0.05, 0.1) is 5.56 Å². The first-order valence-corrected chi connectivity index (χ1v) is 5.77. The number of hydrogen-bond acceptors (Lipinski definition) is 1. The first-order valence-electron chi connectivity index (χ1n) is 5.77. The minimum absolute atomic E-state index is 0.266. The molecule has 0 bridgehead atoms. The van der Waals surface area contributed by atoms with E-state index >= 15 is 0 Å². The summed E-state index contributed by atoms with van der Waals surface area (Å²) in [5.41, 5.74) is -0.235. The van der Waals surface area contributed by atoms with Crippen molar-refractivity contribution in [1.29, 1.82) is 0 Å².